The van der Waals surface area contributed by atoms with Crippen molar-refractivity contribution in [3.05, 3.63) is 55.0 Å². The van der Waals surface area contributed by atoms with Gasteiger partial charge in [-0.2, -0.15) is 5.10 Å². The summed E-state index contributed by atoms with van der Waals surface area (Å²) in [7, 11) is -1.58. The lowest BCUT2D eigenvalue weighted by atomic mass is 10.1. The quantitative estimate of drug-likeness (QED) is 0.580. The number of pyridine rings is 1. The first-order valence-electron chi connectivity index (χ1n) is 7.55. The molecular formula is C17H11N5O2S. The van der Waals surface area contributed by atoms with Crippen LogP contribution in [0.15, 0.2) is 55.0 Å². The van der Waals surface area contributed by atoms with Crippen molar-refractivity contribution in [1.29, 1.82) is 0 Å². The summed E-state index contributed by atoms with van der Waals surface area (Å²) in [5, 5.41) is 5.51. The second kappa shape index (κ2) is 5.12. The van der Waals surface area contributed by atoms with Gasteiger partial charge in [0, 0.05) is 29.4 Å². The summed E-state index contributed by atoms with van der Waals surface area (Å²) in [6, 6.07) is 9.83. The molecule has 0 spiro atoms. The lowest BCUT2D eigenvalue weighted by Crippen LogP contribution is -2.17. The predicted octanol–water partition coefficient (Wildman–Crippen LogP) is 2.17. The molecule has 0 saturated heterocycles. The van der Waals surface area contributed by atoms with E-state index >= 15 is 0 Å². The lowest BCUT2D eigenvalue weighted by molar-refractivity contribution is -0.114. The number of benzene rings is 1. The van der Waals surface area contributed by atoms with Crippen LogP contribution >= 0.6 is 0 Å². The number of H-pyrrole nitrogens is 1. The topological polar surface area (TPSA) is 92.7 Å². The van der Waals surface area contributed by atoms with Gasteiger partial charge in [-0.3, -0.25) is 14.5 Å². The Balaban J connectivity index is 1.62. The van der Waals surface area contributed by atoms with E-state index in [9.17, 15) is 9.00 Å². The Morgan fingerprint density at radius 2 is 2.00 bits per heavy atom. The van der Waals surface area contributed by atoms with Gasteiger partial charge in [0.2, 0.25) is 0 Å². The average Bonchev–Trinajstić information content (AvgIpc) is 3.31. The Hall–Kier alpha value is -3.26. The predicted molar refractivity (Wildman–Crippen MR) is 95.4 cm³/mol. The third-order valence-electron chi connectivity index (χ3n) is 4.15. The molecule has 1 amide bonds. The first-order valence-corrected chi connectivity index (χ1v) is 8.70. The molecular weight excluding hydrogens is 338 g/mol. The number of amides is 1. The summed E-state index contributed by atoms with van der Waals surface area (Å²) in [6.07, 6.45) is 6.69. The van der Waals surface area contributed by atoms with Crippen LogP contribution < -0.4 is 4.72 Å². The Morgan fingerprint density at radius 1 is 1.08 bits per heavy atom. The van der Waals surface area contributed by atoms with Gasteiger partial charge in [-0.25, -0.2) is 8.89 Å². The highest BCUT2D eigenvalue weighted by Gasteiger charge is 2.23. The van der Waals surface area contributed by atoms with Crippen molar-refractivity contribution in [3.8, 4) is 11.1 Å². The minimum atomic E-state index is -1.58. The van der Waals surface area contributed by atoms with Crippen molar-refractivity contribution in [1.82, 2.24) is 24.5 Å². The average molecular weight is 349 g/mol. The molecule has 1 atom stereocenters. The molecule has 7 nitrogen and oxygen atoms in total. The van der Waals surface area contributed by atoms with Gasteiger partial charge in [0.25, 0.3) is 5.91 Å². The highest BCUT2D eigenvalue weighted by Crippen LogP contribution is 2.27. The maximum Gasteiger partial charge on any atom is 0.258 e. The highest BCUT2D eigenvalue weighted by molar-refractivity contribution is 7.93. The van der Waals surface area contributed by atoms with E-state index in [-0.39, 0.29) is 5.91 Å². The summed E-state index contributed by atoms with van der Waals surface area (Å²) in [5.74, 6) is -0.376. The monoisotopic (exact) mass is 349 g/mol. The summed E-state index contributed by atoms with van der Waals surface area (Å²) in [5.41, 5.74) is 4.68. The highest BCUT2D eigenvalue weighted by atomic mass is 32.2. The van der Waals surface area contributed by atoms with Crippen molar-refractivity contribution >= 4 is 43.9 Å². The van der Waals surface area contributed by atoms with Gasteiger partial charge < -0.3 is 4.98 Å². The maximum absolute atomic E-state index is 12.0. The van der Waals surface area contributed by atoms with Gasteiger partial charge in [-0.15, -0.1) is 0 Å². The summed E-state index contributed by atoms with van der Waals surface area (Å²) < 4.78 is 15.8. The van der Waals surface area contributed by atoms with E-state index in [2.05, 4.69) is 19.8 Å². The van der Waals surface area contributed by atoms with Crippen LogP contribution in [0.2, 0.25) is 0 Å². The molecule has 1 aliphatic rings. The van der Waals surface area contributed by atoms with E-state index in [0.717, 1.165) is 33.1 Å². The Kier molecular flexibility index (Phi) is 2.89. The second-order valence-corrected chi connectivity index (χ2v) is 6.84. The van der Waals surface area contributed by atoms with E-state index in [1.807, 2.05) is 42.7 Å². The van der Waals surface area contributed by atoms with E-state index in [1.165, 1.54) is 10.8 Å². The molecule has 8 heteroatoms. The van der Waals surface area contributed by atoms with Crippen LogP contribution in [-0.4, -0.2) is 29.9 Å². The molecule has 1 aromatic carbocycles. The molecule has 0 aliphatic carbocycles. The second-order valence-electron chi connectivity index (χ2n) is 5.68. The van der Waals surface area contributed by atoms with Gasteiger partial charge in [0.1, 0.15) is 0 Å². The van der Waals surface area contributed by atoms with Gasteiger partial charge >= 0.3 is 0 Å². The molecule has 5 rings (SSSR count). The third-order valence-corrected chi connectivity index (χ3v) is 5.20. The molecule has 0 fully saturated rings. The number of carbonyl (C=O) groups is 1. The number of rotatable bonds is 2. The lowest BCUT2D eigenvalue weighted by Gasteiger charge is -2.05. The molecule has 2 N–H and O–H groups in total. The summed E-state index contributed by atoms with van der Waals surface area (Å²) in [4.78, 5) is 19.0. The van der Waals surface area contributed by atoms with Gasteiger partial charge in [0.15, 0.2) is 16.0 Å². The van der Waals surface area contributed by atoms with E-state index in [4.69, 9.17) is 0 Å². The van der Waals surface area contributed by atoms with E-state index in [1.54, 1.807) is 6.20 Å². The molecule has 0 saturated carbocycles. The van der Waals surface area contributed by atoms with Crippen LogP contribution in [0.1, 0.15) is 0 Å². The van der Waals surface area contributed by atoms with Crippen LogP contribution in [0.5, 0.6) is 0 Å². The molecule has 122 valence electrons. The first-order chi connectivity index (χ1) is 12.2. The molecule has 0 radical (unpaired) electrons. The van der Waals surface area contributed by atoms with Gasteiger partial charge in [-0.05, 0) is 29.8 Å². The smallest absolute Gasteiger partial charge is 0.258 e. The van der Waals surface area contributed by atoms with Crippen molar-refractivity contribution in [2.75, 3.05) is 0 Å². The standard InChI is InChI=1S/C17H11N5O2S/c23-16-7-17(25(24)21-16)22-15-2-1-10(5-12(15)9-20-22)11-6-14-13(19-8-11)3-4-18-14/h1-9,18H,(H,21,23). The molecule has 1 unspecified atom stereocenters. The zero-order valence-corrected chi connectivity index (χ0v) is 13.6. The van der Waals surface area contributed by atoms with Crippen LogP contribution in [0.25, 0.3) is 38.1 Å². The van der Waals surface area contributed by atoms with E-state index in [0.29, 0.717) is 5.03 Å². The largest absolute Gasteiger partial charge is 0.360 e. The molecule has 4 aromatic rings. The van der Waals surface area contributed by atoms with Crippen molar-refractivity contribution in [3.63, 3.8) is 0 Å². The summed E-state index contributed by atoms with van der Waals surface area (Å²) >= 11 is 0. The van der Waals surface area contributed by atoms with E-state index < -0.39 is 11.0 Å². The third kappa shape index (κ3) is 2.18. The minimum Gasteiger partial charge on any atom is -0.360 e. The zero-order chi connectivity index (χ0) is 17.0. The van der Waals surface area contributed by atoms with Gasteiger partial charge in [0.05, 0.1) is 22.7 Å². The fraction of sp³-hybridized carbons (Fsp3) is 0. The number of hydrogen-bond acceptors (Lipinski definition) is 4. The number of aromatic amines is 1. The molecule has 0 bridgehead atoms. The molecule has 3 aromatic heterocycles. The fourth-order valence-electron chi connectivity index (χ4n) is 2.96. The fourth-order valence-corrected chi connectivity index (χ4v) is 3.82. The first kappa shape index (κ1) is 14.1. The SMILES string of the molecule is O=C1C=C(n2ncc3cc(-c4cnc5cc[nH]c5c4)ccc32)S(=O)N1. The number of nitrogens with one attached hydrogen (secondary N) is 2. The van der Waals surface area contributed by atoms with Gasteiger partial charge in [-0.1, -0.05) is 6.07 Å². The van der Waals surface area contributed by atoms with Crippen LogP contribution in [0.4, 0.5) is 0 Å². The van der Waals surface area contributed by atoms with Crippen molar-refractivity contribution in [2.24, 2.45) is 0 Å². The minimum absolute atomic E-state index is 0.335. The number of fused-ring (bicyclic) bond motifs is 2. The normalized spacial score (nSPS) is 17.2. The van der Waals surface area contributed by atoms with Crippen LogP contribution in [0.3, 0.4) is 0 Å². The Morgan fingerprint density at radius 3 is 2.84 bits per heavy atom. The number of carbonyl (C=O) groups excluding carboxylic acids is 1. The number of hydrogen-bond donors (Lipinski definition) is 2. The van der Waals surface area contributed by atoms with Crippen molar-refractivity contribution in [2.45, 2.75) is 0 Å². The number of aromatic nitrogens is 4. The number of nitrogens with zero attached hydrogens (tertiary/aromatic N) is 3. The maximum atomic E-state index is 12.0. The van der Waals surface area contributed by atoms with Crippen LogP contribution in [0, 0.1) is 0 Å². The molecule has 25 heavy (non-hydrogen) atoms. The molecule has 4 heterocycles. The zero-order valence-electron chi connectivity index (χ0n) is 12.8. The summed E-state index contributed by atoms with van der Waals surface area (Å²) in [6.45, 7) is 0. The van der Waals surface area contributed by atoms with Crippen molar-refractivity contribution < 1.29 is 9.00 Å². The van der Waals surface area contributed by atoms with Crippen LogP contribution in [-0.2, 0) is 15.8 Å². The Bertz CT molecular complexity index is 1220. The Labute approximate surface area is 144 Å². The molecule has 1 aliphatic heterocycles.